The van der Waals surface area contributed by atoms with Crippen LogP contribution < -0.4 is 31.6 Å². The Labute approximate surface area is 445 Å². The lowest BCUT2D eigenvalue weighted by atomic mass is 10.1. The number of carboxylic acid groups (broad SMARTS) is 1. The van der Waals surface area contributed by atoms with Crippen molar-refractivity contribution in [2.24, 2.45) is 11.5 Å². The van der Waals surface area contributed by atoms with E-state index in [4.69, 9.17) is 40.8 Å². The normalized spacial score (nSPS) is 13.9. The summed E-state index contributed by atoms with van der Waals surface area (Å²) in [6.45, 7) is 8.29. The topological polar surface area (TPSA) is 338 Å². The van der Waals surface area contributed by atoms with Gasteiger partial charge in [-0.15, -0.1) is 11.8 Å². The summed E-state index contributed by atoms with van der Waals surface area (Å²) in [5, 5.41) is 22.9. The summed E-state index contributed by atoms with van der Waals surface area (Å²) in [4.78, 5) is 115. The summed E-state index contributed by atoms with van der Waals surface area (Å²) in [5.41, 5.74) is 14.8. The van der Waals surface area contributed by atoms with Gasteiger partial charge in [-0.25, -0.2) is 14.8 Å². The minimum Gasteiger partial charge on any atom is -0.494 e. The molecular weight excluding hydrogens is 1020 g/mol. The number of hydrogen-bond acceptors (Lipinski definition) is 17. The number of anilines is 2. The number of nitrogens with two attached hydrogens (primary N) is 2. The fraction of sp³-hybridized carbons (Fsp3) is 0.400. The molecule has 0 saturated carbocycles. The number of aliphatic carboxylic acids is 1. The molecule has 0 bridgehead atoms. The van der Waals surface area contributed by atoms with E-state index in [1.54, 1.807) is 63.7 Å². The number of rotatable bonds is 25. The van der Waals surface area contributed by atoms with E-state index >= 15 is 0 Å². The number of imide groups is 1. The fourth-order valence-corrected chi connectivity index (χ4v) is 9.71. The molecule has 6 aromatic rings. The van der Waals surface area contributed by atoms with E-state index in [1.807, 2.05) is 13.8 Å². The van der Waals surface area contributed by atoms with E-state index in [1.165, 1.54) is 43.4 Å². The Morgan fingerprint density at radius 1 is 0.844 bits per heavy atom. The van der Waals surface area contributed by atoms with Crippen molar-refractivity contribution >= 4 is 93.1 Å². The molecule has 1 aliphatic rings. The van der Waals surface area contributed by atoms with Crippen LogP contribution in [0.2, 0.25) is 0 Å². The average Bonchev–Trinajstić information content (AvgIpc) is 4.22. The molecule has 0 spiro atoms. The maximum Gasteiger partial charge on any atom is 0.338 e. The van der Waals surface area contributed by atoms with Crippen molar-refractivity contribution in [3.05, 3.63) is 82.5 Å². The predicted octanol–water partition coefficient (Wildman–Crippen LogP) is 2.98. The quantitative estimate of drug-likeness (QED) is 0.0238. The highest BCUT2D eigenvalue weighted by Crippen LogP contribution is 2.34. The number of primary amides is 1. The molecule has 26 nitrogen and oxygen atoms in total. The number of hydrogen-bond donors (Lipinski definition) is 5. The van der Waals surface area contributed by atoms with Gasteiger partial charge in [0.2, 0.25) is 35.5 Å². The smallest absolute Gasteiger partial charge is 0.338 e. The zero-order valence-corrected chi connectivity index (χ0v) is 44.3. The molecule has 2 aromatic carbocycles. The maximum absolute atomic E-state index is 14.0. The highest BCUT2D eigenvalue weighted by molar-refractivity contribution is 8.00. The second-order valence-corrected chi connectivity index (χ2v) is 19.0. The minimum atomic E-state index is -1.22. The number of aryl methyl sites for hydroxylation is 4. The van der Waals surface area contributed by atoms with Crippen LogP contribution in [0.1, 0.15) is 86.2 Å². The third-order valence-corrected chi connectivity index (χ3v) is 13.8. The number of methoxy groups -OCH3 is 2. The molecule has 1 saturated heterocycles. The van der Waals surface area contributed by atoms with Crippen molar-refractivity contribution in [2.45, 2.75) is 84.4 Å². The minimum absolute atomic E-state index is 0.0213. The number of fused-ring (bicyclic) bond motifs is 2. The Bertz CT molecular complexity index is 3320. The number of benzene rings is 2. The Kier molecular flexibility index (Phi) is 17.8. The van der Waals surface area contributed by atoms with E-state index in [0.29, 0.717) is 46.7 Å². The Morgan fingerprint density at radius 2 is 1.39 bits per heavy atom. The van der Waals surface area contributed by atoms with Crippen LogP contribution in [0.25, 0.3) is 22.1 Å². The van der Waals surface area contributed by atoms with Crippen molar-refractivity contribution in [3.8, 4) is 11.5 Å². The fourth-order valence-electron chi connectivity index (χ4n) is 8.60. The van der Waals surface area contributed by atoms with Gasteiger partial charge in [-0.2, -0.15) is 10.2 Å². The van der Waals surface area contributed by atoms with Crippen LogP contribution in [0.3, 0.4) is 0 Å². The molecule has 77 heavy (non-hydrogen) atoms. The van der Waals surface area contributed by atoms with Gasteiger partial charge < -0.3 is 44.8 Å². The third-order valence-electron chi connectivity index (χ3n) is 12.5. The molecule has 0 radical (unpaired) electrons. The average molecular weight is 1080 g/mol. The number of ether oxygens (including phenoxy) is 3. The highest BCUT2D eigenvalue weighted by atomic mass is 32.2. The standard InChI is InChI=1S/C50H60N14O12S/c1-8-63-34(19-27(3)57-63)44(68)55-49-54-33-22-30(48(73)75-7)24-36(74-6)41(33)61(49)15-10-11-16-62-42-32(53-50(62)56-45(69)35-20-28(4)58-64(35)9-2)21-29(43(52)67)23-37(42)76-18-12-14-59(5)39(65)13-17-60-40(66)25-38(46(60)70)77-26-31(51)47(71)72/h10-11,19-24,31,38H,8-9,12-18,25-26,51H2,1-7H3,(H2,52,67)(H,71,72)(H,53,56,69)(H,54,55,68)/b11-10+. The first-order valence-corrected chi connectivity index (χ1v) is 25.5. The van der Waals surface area contributed by atoms with E-state index in [-0.39, 0.29) is 109 Å². The largest absolute Gasteiger partial charge is 0.494 e. The second kappa shape index (κ2) is 24.4. The number of carboxylic acids is 1. The Morgan fingerprint density at radius 3 is 1.91 bits per heavy atom. The van der Waals surface area contributed by atoms with Crippen LogP contribution in [0.4, 0.5) is 11.9 Å². The van der Waals surface area contributed by atoms with Gasteiger partial charge in [0, 0.05) is 70.5 Å². The molecule has 1 fully saturated rings. The highest BCUT2D eigenvalue weighted by Gasteiger charge is 2.39. The van der Waals surface area contributed by atoms with E-state index in [0.717, 1.165) is 16.7 Å². The second-order valence-electron chi connectivity index (χ2n) is 17.8. The van der Waals surface area contributed by atoms with Gasteiger partial charge in [0.25, 0.3) is 11.8 Å². The number of imidazole rings is 2. The molecule has 2 atom stereocenters. The van der Waals surface area contributed by atoms with Crippen molar-refractivity contribution in [2.75, 3.05) is 57.4 Å². The van der Waals surface area contributed by atoms with Gasteiger partial charge in [-0.3, -0.25) is 58.5 Å². The molecule has 2 unspecified atom stereocenters. The summed E-state index contributed by atoms with van der Waals surface area (Å²) < 4.78 is 23.5. The van der Waals surface area contributed by atoms with E-state index in [2.05, 4.69) is 20.8 Å². The van der Waals surface area contributed by atoms with Crippen LogP contribution in [0.15, 0.2) is 48.6 Å². The molecule has 0 aliphatic carbocycles. The van der Waals surface area contributed by atoms with Crippen molar-refractivity contribution < 1.29 is 57.7 Å². The van der Waals surface area contributed by atoms with Gasteiger partial charge in [0.15, 0.2) is 0 Å². The number of esters is 1. The monoisotopic (exact) mass is 1080 g/mol. The number of nitrogens with one attached hydrogen (secondary N) is 2. The van der Waals surface area contributed by atoms with Gasteiger partial charge in [-0.05, 0) is 70.5 Å². The first-order chi connectivity index (χ1) is 36.8. The van der Waals surface area contributed by atoms with Crippen LogP contribution in [-0.2, 0) is 50.1 Å². The first kappa shape index (κ1) is 56.1. The molecule has 6 amide bonds. The van der Waals surface area contributed by atoms with Gasteiger partial charge in [0.1, 0.15) is 40.0 Å². The van der Waals surface area contributed by atoms with Crippen molar-refractivity contribution in [3.63, 3.8) is 0 Å². The number of nitrogens with zero attached hydrogens (tertiary/aromatic N) is 10. The van der Waals surface area contributed by atoms with Gasteiger partial charge in [-0.1, -0.05) is 12.2 Å². The third kappa shape index (κ3) is 12.6. The molecule has 7 rings (SSSR count). The number of carbonyl (C=O) groups is 8. The summed E-state index contributed by atoms with van der Waals surface area (Å²) in [6, 6.07) is 8.08. The van der Waals surface area contributed by atoms with Crippen molar-refractivity contribution in [1.82, 2.24) is 48.5 Å². The zero-order chi connectivity index (χ0) is 55.8. The van der Waals surface area contributed by atoms with Crippen LogP contribution in [0, 0.1) is 13.8 Å². The van der Waals surface area contributed by atoms with E-state index in [9.17, 15) is 38.4 Å². The van der Waals surface area contributed by atoms with E-state index < -0.39 is 52.8 Å². The molecule has 27 heteroatoms. The number of allylic oxidation sites excluding steroid dienone is 2. The van der Waals surface area contributed by atoms with Gasteiger partial charge in [0.05, 0.1) is 54.1 Å². The first-order valence-electron chi connectivity index (χ1n) is 24.4. The Balaban J connectivity index is 1.15. The number of aromatic nitrogens is 8. The lowest BCUT2D eigenvalue weighted by Gasteiger charge is -2.20. The number of amides is 6. The molecular formula is C50H60N14O12S. The van der Waals surface area contributed by atoms with Gasteiger partial charge >= 0.3 is 11.9 Å². The summed E-state index contributed by atoms with van der Waals surface area (Å²) in [7, 11) is 4.26. The summed E-state index contributed by atoms with van der Waals surface area (Å²) >= 11 is 0.992. The molecule has 5 heterocycles. The molecule has 408 valence electrons. The molecule has 1 aliphatic heterocycles. The van der Waals surface area contributed by atoms with Crippen LogP contribution >= 0.6 is 11.8 Å². The summed E-state index contributed by atoms with van der Waals surface area (Å²) in [5.74, 6) is -4.31. The number of thioether (sulfide) groups is 1. The maximum atomic E-state index is 14.0. The molecule has 7 N–H and O–H groups in total. The summed E-state index contributed by atoms with van der Waals surface area (Å²) in [6.07, 6.45) is 3.58. The van der Waals surface area contributed by atoms with Crippen LogP contribution in [-0.4, -0.2) is 159 Å². The lowest BCUT2D eigenvalue weighted by molar-refractivity contribution is -0.140. The lowest BCUT2D eigenvalue weighted by Crippen LogP contribution is -2.37. The zero-order valence-electron chi connectivity index (χ0n) is 43.5. The number of carbonyl (C=O) groups excluding carboxylic acids is 7. The molecule has 4 aromatic heterocycles. The Hall–Kier alpha value is -8.59. The number of likely N-dealkylation sites (tertiary alicyclic amines) is 1. The SMILES string of the molecule is CCn1nc(C)cc1C(=O)Nc1nc2cc(C(=O)OC)cc(OC)c2n1C/C=C/Cn1c(NC(=O)c2cc(C)nn2CC)nc2cc(C(N)=O)cc(OCCCN(C)C(=O)CCN3C(=O)CC(SCC(N)C(=O)O)C3=O)c21. The van der Waals surface area contributed by atoms with Crippen LogP contribution in [0.5, 0.6) is 11.5 Å². The van der Waals surface area contributed by atoms with Crippen molar-refractivity contribution in [1.29, 1.82) is 0 Å². The predicted molar refractivity (Wildman–Crippen MR) is 282 cm³/mol.